The summed E-state index contributed by atoms with van der Waals surface area (Å²) in [6.45, 7) is 8.18. The summed E-state index contributed by atoms with van der Waals surface area (Å²) in [6, 6.07) is 17.0. The lowest BCUT2D eigenvalue weighted by Gasteiger charge is -2.39. The van der Waals surface area contributed by atoms with Crippen molar-refractivity contribution in [2.24, 2.45) is 0 Å². The van der Waals surface area contributed by atoms with Gasteiger partial charge < -0.3 is 9.64 Å². The van der Waals surface area contributed by atoms with Gasteiger partial charge in [-0.05, 0) is 68.7 Å². The summed E-state index contributed by atoms with van der Waals surface area (Å²) < 4.78 is 5.23. The Labute approximate surface area is 162 Å². The molecule has 1 heterocycles. The maximum Gasteiger partial charge on any atom is 0.159 e. The molecular formula is C23H30N2O2. The molecule has 144 valence electrons. The third-order valence-electron chi connectivity index (χ3n) is 5.59. The first-order chi connectivity index (χ1) is 13.1. The molecule has 0 radical (unpaired) electrons. The molecule has 1 atom stereocenters. The lowest BCUT2D eigenvalue weighted by molar-refractivity contribution is 0.101. The molecule has 3 rings (SSSR count). The molecule has 1 aliphatic heterocycles. The van der Waals surface area contributed by atoms with Crippen molar-refractivity contribution >= 4 is 11.5 Å². The molecule has 1 aliphatic rings. The average molecular weight is 367 g/mol. The lowest BCUT2D eigenvalue weighted by Crippen LogP contribution is -2.49. The smallest absolute Gasteiger partial charge is 0.159 e. The number of methoxy groups -OCH3 is 1. The number of hydrogen-bond acceptors (Lipinski definition) is 4. The van der Waals surface area contributed by atoms with Crippen molar-refractivity contribution in [2.45, 2.75) is 32.7 Å². The summed E-state index contributed by atoms with van der Waals surface area (Å²) in [4.78, 5) is 16.4. The van der Waals surface area contributed by atoms with Crippen LogP contribution >= 0.6 is 0 Å². The van der Waals surface area contributed by atoms with E-state index in [1.807, 2.05) is 24.3 Å². The van der Waals surface area contributed by atoms with Gasteiger partial charge in [0.2, 0.25) is 0 Å². The summed E-state index contributed by atoms with van der Waals surface area (Å²) in [7, 11) is 1.70. The van der Waals surface area contributed by atoms with E-state index < -0.39 is 0 Å². The molecule has 1 fully saturated rings. The van der Waals surface area contributed by atoms with Crippen LogP contribution in [0.5, 0.6) is 5.75 Å². The van der Waals surface area contributed by atoms with Gasteiger partial charge in [0, 0.05) is 43.5 Å². The van der Waals surface area contributed by atoms with Crippen LogP contribution in [0, 0.1) is 0 Å². The topological polar surface area (TPSA) is 32.8 Å². The zero-order chi connectivity index (χ0) is 19.2. The van der Waals surface area contributed by atoms with Gasteiger partial charge in [-0.25, -0.2) is 0 Å². The molecular weight excluding hydrogens is 336 g/mol. The normalized spacial score (nSPS) is 16.2. The van der Waals surface area contributed by atoms with Gasteiger partial charge in [0.25, 0.3) is 0 Å². The van der Waals surface area contributed by atoms with Crippen molar-refractivity contribution in [3.05, 3.63) is 59.7 Å². The Balaban J connectivity index is 1.47. The Morgan fingerprint density at radius 1 is 1.00 bits per heavy atom. The zero-order valence-corrected chi connectivity index (χ0v) is 16.6. The first-order valence-corrected chi connectivity index (χ1v) is 9.80. The van der Waals surface area contributed by atoms with Crippen LogP contribution in [0.4, 0.5) is 5.69 Å². The quantitative estimate of drug-likeness (QED) is 0.693. The highest BCUT2D eigenvalue weighted by atomic mass is 16.5. The van der Waals surface area contributed by atoms with E-state index in [0.717, 1.165) is 43.9 Å². The Hall–Kier alpha value is -2.33. The van der Waals surface area contributed by atoms with E-state index in [1.165, 1.54) is 17.7 Å². The molecule has 2 aromatic carbocycles. The Kier molecular flexibility index (Phi) is 6.51. The van der Waals surface area contributed by atoms with E-state index in [9.17, 15) is 4.79 Å². The number of rotatable bonds is 7. The summed E-state index contributed by atoms with van der Waals surface area (Å²) in [5, 5.41) is 0. The molecule has 0 spiro atoms. The summed E-state index contributed by atoms with van der Waals surface area (Å²) in [5.74, 6) is 1.04. The van der Waals surface area contributed by atoms with Crippen molar-refractivity contribution in [1.29, 1.82) is 0 Å². The SMILES string of the molecule is COc1ccc(CC[C@H](C)N2CCN(c3ccc(C(C)=O)cc3)CC2)cc1. The summed E-state index contributed by atoms with van der Waals surface area (Å²) in [5.41, 5.74) is 3.36. The van der Waals surface area contributed by atoms with Crippen molar-refractivity contribution in [1.82, 2.24) is 4.90 Å². The van der Waals surface area contributed by atoms with Crippen molar-refractivity contribution in [3.8, 4) is 5.75 Å². The standard InChI is InChI=1S/C23H30N2O2/c1-18(4-5-20-6-12-23(27-3)13-7-20)24-14-16-25(17-15-24)22-10-8-21(9-11-22)19(2)26/h6-13,18H,4-5,14-17H2,1-3H3/t18-/m0/s1. The highest BCUT2D eigenvalue weighted by Crippen LogP contribution is 2.20. The maximum atomic E-state index is 11.4. The number of Topliss-reactive ketones (excluding diaryl/α,β-unsaturated/α-hetero) is 1. The molecule has 0 aromatic heterocycles. The Bertz CT molecular complexity index is 732. The van der Waals surface area contributed by atoms with E-state index in [0.29, 0.717) is 6.04 Å². The molecule has 0 aliphatic carbocycles. The monoisotopic (exact) mass is 366 g/mol. The number of carbonyl (C=O) groups excluding carboxylic acids is 1. The number of anilines is 1. The molecule has 4 nitrogen and oxygen atoms in total. The molecule has 0 saturated carbocycles. The fourth-order valence-electron chi connectivity index (χ4n) is 3.68. The Morgan fingerprint density at radius 3 is 2.19 bits per heavy atom. The second-order valence-electron chi connectivity index (χ2n) is 7.36. The second-order valence-corrected chi connectivity index (χ2v) is 7.36. The summed E-state index contributed by atoms with van der Waals surface area (Å²) in [6.07, 6.45) is 2.26. The molecule has 2 aromatic rings. The van der Waals surface area contributed by atoms with Crippen LogP contribution in [0.25, 0.3) is 0 Å². The van der Waals surface area contributed by atoms with Crippen LogP contribution in [0.3, 0.4) is 0 Å². The van der Waals surface area contributed by atoms with E-state index in [4.69, 9.17) is 4.74 Å². The summed E-state index contributed by atoms with van der Waals surface area (Å²) >= 11 is 0. The largest absolute Gasteiger partial charge is 0.497 e. The van der Waals surface area contributed by atoms with Gasteiger partial charge in [-0.3, -0.25) is 9.69 Å². The van der Waals surface area contributed by atoms with Gasteiger partial charge in [-0.2, -0.15) is 0 Å². The van der Waals surface area contributed by atoms with Crippen LogP contribution in [0.1, 0.15) is 36.2 Å². The number of ether oxygens (including phenoxy) is 1. The lowest BCUT2D eigenvalue weighted by atomic mass is 10.0. The molecule has 1 saturated heterocycles. The predicted octanol–water partition coefficient (Wildman–Crippen LogP) is 4.04. The van der Waals surface area contributed by atoms with E-state index in [2.05, 4.69) is 41.0 Å². The molecule has 0 bridgehead atoms. The van der Waals surface area contributed by atoms with Crippen LogP contribution < -0.4 is 9.64 Å². The highest BCUT2D eigenvalue weighted by Gasteiger charge is 2.21. The Morgan fingerprint density at radius 2 is 1.63 bits per heavy atom. The third kappa shape index (κ3) is 5.10. The molecule has 0 N–H and O–H groups in total. The predicted molar refractivity (Wildman–Crippen MR) is 111 cm³/mol. The molecule has 27 heavy (non-hydrogen) atoms. The number of ketones is 1. The van der Waals surface area contributed by atoms with Gasteiger partial charge in [-0.15, -0.1) is 0 Å². The van der Waals surface area contributed by atoms with E-state index in [-0.39, 0.29) is 5.78 Å². The number of benzene rings is 2. The van der Waals surface area contributed by atoms with Crippen molar-refractivity contribution in [2.75, 3.05) is 38.2 Å². The van der Waals surface area contributed by atoms with Gasteiger partial charge >= 0.3 is 0 Å². The first-order valence-electron chi connectivity index (χ1n) is 9.80. The minimum absolute atomic E-state index is 0.122. The van der Waals surface area contributed by atoms with Crippen LogP contribution in [0.2, 0.25) is 0 Å². The average Bonchev–Trinajstić information content (AvgIpc) is 2.72. The maximum absolute atomic E-state index is 11.4. The number of aryl methyl sites for hydroxylation is 1. The number of hydrogen-bond donors (Lipinski definition) is 0. The van der Waals surface area contributed by atoms with E-state index >= 15 is 0 Å². The van der Waals surface area contributed by atoms with Crippen LogP contribution in [0.15, 0.2) is 48.5 Å². The molecule has 0 unspecified atom stereocenters. The highest BCUT2D eigenvalue weighted by molar-refractivity contribution is 5.94. The van der Waals surface area contributed by atoms with Gasteiger partial charge in [0.15, 0.2) is 5.78 Å². The second kappa shape index (κ2) is 9.05. The van der Waals surface area contributed by atoms with Gasteiger partial charge in [0.1, 0.15) is 5.75 Å². The number of nitrogens with zero attached hydrogens (tertiary/aromatic N) is 2. The van der Waals surface area contributed by atoms with Crippen molar-refractivity contribution in [3.63, 3.8) is 0 Å². The number of piperazine rings is 1. The van der Waals surface area contributed by atoms with E-state index in [1.54, 1.807) is 14.0 Å². The zero-order valence-electron chi connectivity index (χ0n) is 16.6. The van der Waals surface area contributed by atoms with Gasteiger partial charge in [0.05, 0.1) is 7.11 Å². The molecule has 0 amide bonds. The van der Waals surface area contributed by atoms with Crippen LogP contribution in [-0.4, -0.2) is 50.0 Å². The minimum atomic E-state index is 0.122. The number of carbonyl (C=O) groups is 1. The minimum Gasteiger partial charge on any atom is -0.497 e. The first kappa shape index (κ1) is 19.4. The fourth-order valence-corrected chi connectivity index (χ4v) is 3.68. The van der Waals surface area contributed by atoms with Crippen LogP contribution in [-0.2, 0) is 6.42 Å². The van der Waals surface area contributed by atoms with Gasteiger partial charge in [-0.1, -0.05) is 12.1 Å². The molecule has 4 heteroatoms. The fraction of sp³-hybridized carbons (Fsp3) is 0.435. The third-order valence-corrected chi connectivity index (χ3v) is 5.59. The van der Waals surface area contributed by atoms with Crippen molar-refractivity contribution < 1.29 is 9.53 Å².